The molecule has 6 nitrogen and oxygen atoms in total. The first-order chi connectivity index (χ1) is 10.00. The van der Waals surface area contributed by atoms with Crippen LogP contribution in [0, 0.1) is 0 Å². The number of rotatable bonds is 3. The molecule has 2 aliphatic heterocycles. The summed E-state index contributed by atoms with van der Waals surface area (Å²) in [5, 5.41) is 1.67. The number of hydrogen-bond donors (Lipinski definition) is 1. The summed E-state index contributed by atoms with van der Waals surface area (Å²) in [6, 6.07) is 1.54. The van der Waals surface area contributed by atoms with Gasteiger partial charge in [-0.2, -0.15) is 4.31 Å². The number of sulfonamides is 1. The zero-order valence-corrected chi connectivity index (χ0v) is 13.3. The number of carbonyl (C=O) groups excluding carboxylic acids is 1. The Morgan fingerprint density at radius 1 is 1.29 bits per heavy atom. The van der Waals surface area contributed by atoms with E-state index in [1.54, 1.807) is 16.3 Å². The zero-order chi connectivity index (χ0) is 15.0. The van der Waals surface area contributed by atoms with E-state index in [1.807, 2.05) is 0 Å². The number of thiophene rings is 1. The van der Waals surface area contributed by atoms with Crippen LogP contribution in [0.15, 0.2) is 16.3 Å². The van der Waals surface area contributed by atoms with Gasteiger partial charge < -0.3 is 10.6 Å². The van der Waals surface area contributed by atoms with Crippen molar-refractivity contribution in [2.45, 2.75) is 30.2 Å². The third-order valence-corrected chi connectivity index (χ3v) is 6.99. The van der Waals surface area contributed by atoms with Crippen LogP contribution in [0.2, 0.25) is 0 Å². The van der Waals surface area contributed by atoms with Gasteiger partial charge in [-0.05, 0) is 30.7 Å². The average Bonchev–Trinajstić information content (AvgIpc) is 3.19. The molecule has 0 bridgehead atoms. The van der Waals surface area contributed by atoms with E-state index in [-0.39, 0.29) is 16.8 Å². The van der Waals surface area contributed by atoms with Gasteiger partial charge in [-0.15, -0.1) is 11.3 Å². The lowest BCUT2D eigenvalue weighted by molar-refractivity contribution is 0.0792. The molecular weight excluding hydrogens is 310 g/mol. The molecule has 1 amide bonds. The maximum Gasteiger partial charge on any atom is 0.265 e. The molecule has 2 fully saturated rings. The van der Waals surface area contributed by atoms with Gasteiger partial charge in [0, 0.05) is 32.2 Å². The Balaban J connectivity index is 1.88. The molecule has 2 saturated heterocycles. The van der Waals surface area contributed by atoms with Crippen LogP contribution in [0.1, 0.15) is 28.9 Å². The van der Waals surface area contributed by atoms with E-state index < -0.39 is 10.0 Å². The Labute approximate surface area is 128 Å². The minimum Gasteiger partial charge on any atom is -0.336 e. The Bertz CT molecular complexity index is 635. The van der Waals surface area contributed by atoms with Crippen molar-refractivity contribution in [2.24, 2.45) is 5.73 Å². The number of hydrogen-bond acceptors (Lipinski definition) is 5. The van der Waals surface area contributed by atoms with Gasteiger partial charge in [0.25, 0.3) is 5.91 Å². The number of amides is 1. The molecule has 8 heteroatoms. The van der Waals surface area contributed by atoms with E-state index in [1.165, 1.54) is 15.6 Å². The molecule has 1 aromatic heterocycles. The van der Waals surface area contributed by atoms with Gasteiger partial charge in [-0.25, -0.2) is 8.42 Å². The minimum absolute atomic E-state index is 0.00690. The largest absolute Gasteiger partial charge is 0.336 e. The first-order valence-electron chi connectivity index (χ1n) is 7.12. The molecule has 1 aromatic rings. The fraction of sp³-hybridized carbons (Fsp3) is 0.615. The second kappa shape index (κ2) is 5.68. The van der Waals surface area contributed by atoms with Crippen molar-refractivity contribution >= 4 is 27.3 Å². The summed E-state index contributed by atoms with van der Waals surface area (Å²) in [6.45, 7) is 2.18. The predicted octanol–water partition coefficient (Wildman–Crippen LogP) is 0.706. The lowest BCUT2D eigenvalue weighted by atomic mass is 10.3. The van der Waals surface area contributed by atoms with Crippen molar-refractivity contribution in [3.63, 3.8) is 0 Å². The average molecular weight is 329 g/mol. The van der Waals surface area contributed by atoms with Gasteiger partial charge in [0.15, 0.2) is 0 Å². The number of nitrogens with two attached hydrogens (primary N) is 1. The smallest absolute Gasteiger partial charge is 0.265 e. The summed E-state index contributed by atoms with van der Waals surface area (Å²) in [5.74, 6) is -0.212. The lowest BCUT2D eigenvalue weighted by Crippen LogP contribution is -2.33. The summed E-state index contributed by atoms with van der Waals surface area (Å²) in [6.07, 6.45) is 2.53. The summed E-state index contributed by atoms with van der Waals surface area (Å²) < 4.78 is 26.7. The topological polar surface area (TPSA) is 83.7 Å². The maximum atomic E-state index is 12.6. The first kappa shape index (κ1) is 15.0. The predicted molar refractivity (Wildman–Crippen MR) is 80.8 cm³/mol. The second-order valence-electron chi connectivity index (χ2n) is 5.53. The molecule has 0 aliphatic carbocycles. The standard InChI is InChI=1S/C13H19N3O3S2/c14-10-3-7-15(9-10)13(17)12-11(4-8-20-12)21(18,19)16-5-1-2-6-16/h4,8,10H,1-3,5-7,9,14H2/t10-/m1/s1. The monoisotopic (exact) mass is 329 g/mol. The molecule has 0 aromatic carbocycles. The summed E-state index contributed by atoms with van der Waals surface area (Å²) >= 11 is 1.19. The van der Waals surface area contributed by atoms with Crippen LogP contribution in [0.5, 0.6) is 0 Å². The molecule has 0 saturated carbocycles. The van der Waals surface area contributed by atoms with Crippen molar-refractivity contribution in [3.05, 3.63) is 16.3 Å². The van der Waals surface area contributed by atoms with Crippen LogP contribution in [0.4, 0.5) is 0 Å². The Kier molecular flexibility index (Phi) is 4.04. The molecule has 2 aliphatic rings. The molecule has 3 heterocycles. The molecule has 0 spiro atoms. The van der Waals surface area contributed by atoms with Crippen molar-refractivity contribution in [2.75, 3.05) is 26.2 Å². The van der Waals surface area contributed by atoms with Crippen molar-refractivity contribution in [1.29, 1.82) is 0 Å². The minimum atomic E-state index is -3.55. The van der Waals surface area contributed by atoms with Gasteiger partial charge in [0.1, 0.15) is 9.77 Å². The number of likely N-dealkylation sites (tertiary alicyclic amines) is 1. The Hall–Kier alpha value is -0.960. The third-order valence-electron chi connectivity index (χ3n) is 4.02. The van der Waals surface area contributed by atoms with E-state index in [0.717, 1.165) is 19.3 Å². The van der Waals surface area contributed by atoms with Crippen LogP contribution in [-0.4, -0.2) is 55.8 Å². The van der Waals surface area contributed by atoms with Crippen molar-refractivity contribution in [3.8, 4) is 0 Å². The number of nitrogens with zero attached hydrogens (tertiary/aromatic N) is 2. The quantitative estimate of drug-likeness (QED) is 0.885. The molecule has 21 heavy (non-hydrogen) atoms. The SMILES string of the molecule is N[C@@H]1CCN(C(=O)c2sccc2S(=O)(=O)N2CCCC2)C1. The Morgan fingerprint density at radius 2 is 2.00 bits per heavy atom. The number of carbonyl (C=O) groups is 1. The fourth-order valence-electron chi connectivity index (χ4n) is 2.84. The summed E-state index contributed by atoms with van der Waals surface area (Å²) in [4.78, 5) is 14.7. The first-order valence-corrected chi connectivity index (χ1v) is 9.44. The van der Waals surface area contributed by atoms with Gasteiger partial charge in [0.2, 0.25) is 10.0 Å². The van der Waals surface area contributed by atoms with Crippen LogP contribution >= 0.6 is 11.3 Å². The highest BCUT2D eigenvalue weighted by atomic mass is 32.2. The van der Waals surface area contributed by atoms with Gasteiger partial charge >= 0.3 is 0 Å². The van der Waals surface area contributed by atoms with Gasteiger partial charge in [0.05, 0.1) is 0 Å². The molecule has 116 valence electrons. The molecule has 0 unspecified atom stereocenters. The van der Waals surface area contributed by atoms with Crippen molar-refractivity contribution < 1.29 is 13.2 Å². The highest BCUT2D eigenvalue weighted by Crippen LogP contribution is 2.29. The highest BCUT2D eigenvalue weighted by Gasteiger charge is 2.34. The molecular formula is C13H19N3O3S2. The van der Waals surface area contributed by atoms with Gasteiger partial charge in [-0.1, -0.05) is 0 Å². The van der Waals surface area contributed by atoms with E-state index in [2.05, 4.69) is 0 Å². The van der Waals surface area contributed by atoms with Crippen molar-refractivity contribution in [1.82, 2.24) is 9.21 Å². The van der Waals surface area contributed by atoms with Crippen LogP contribution < -0.4 is 5.73 Å². The molecule has 3 rings (SSSR count). The molecule has 0 radical (unpaired) electrons. The maximum absolute atomic E-state index is 12.6. The second-order valence-corrected chi connectivity index (χ2v) is 8.35. The van der Waals surface area contributed by atoms with Crippen LogP contribution in [0.25, 0.3) is 0 Å². The third kappa shape index (κ3) is 2.73. The molecule has 2 N–H and O–H groups in total. The Morgan fingerprint density at radius 3 is 2.62 bits per heavy atom. The van der Waals surface area contributed by atoms with Crippen LogP contribution in [0.3, 0.4) is 0 Å². The zero-order valence-electron chi connectivity index (χ0n) is 11.7. The normalized spacial score (nSPS) is 23.9. The van der Waals surface area contributed by atoms with E-state index in [4.69, 9.17) is 5.73 Å². The summed E-state index contributed by atoms with van der Waals surface area (Å²) in [5.41, 5.74) is 5.82. The van der Waals surface area contributed by atoms with Gasteiger partial charge in [-0.3, -0.25) is 4.79 Å². The van der Waals surface area contributed by atoms with E-state index in [0.29, 0.717) is 31.1 Å². The van der Waals surface area contributed by atoms with E-state index >= 15 is 0 Å². The highest BCUT2D eigenvalue weighted by molar-refractivity contribution is 7.89. The summed E-state index contributed by atoms with van der Waals surface area (Å²) in [7, 11) is -3.55. The molecule has 1 atom stereocenters. The van der Waals surface area contributed by atoms with E-state index in [9.17, 15) is 13.2 Å². The van der Waals surface area contributed by atoms with Crippen LogP contribution in [-0.2, 0) is 10.0 Å². The lowest BCUT2D eigenvalue weighted by Gasteiger charge is -2.18. The fourth-order valence-corrected chi connectivity index (χ4v) is 5.72.